The number of hydrogen-bond donors (Lipinski definition) is 2. The van der Waals surface area contributed by atoms with Gasteiger partial charge in [-0.3, -0.25) is 0 Å². The Morgan fingerprint density at radius 3 is 3.07 bits per heavy atom. The van der Waals surface area contributed by atoms with E-state index in [4.69, 9.17) is 9.52 Å². The van der Waals surface area contributed by atoms with Gasteiger partial charge in [-0.1, -0.05) is 0 Å². The van der Waals surface area contributed by atoms with Crippen molar-refractivity contribution in [3.63, 3.8) is 0 Å². The van der Waals surface area contributed by atoms with Gasteiger partial charge in [0.25, 0.3) is 6.01 Å². The number of aromatic carboxylic acids is 1. The normalized spacial score (nSPS) is 12.4. The molecule has 14 heavy (non-hydrogen) atoms. The summed E-state index contributed by atoms with van der Waals surface area (Å²) in [4.78, 5) is 14.2. The van der Waals surface area contributed by atoms with E-state index in [0.717, 1.165) is 12.0 Å². The zero-order valence-electron chi connectivity index (χ0n) is 7.98. The van der Waals surface area contributed by atoms with E-state index < -0.39 is 5.97 Å². The lowest BCUT2D eigenvalue weighted by Gasteiger charge is -2.08. The van der Waals surface area contributed by atoms with Gasteiger partial charge in [0.15, 0.2) is 5.69 Å². The molecule has 1 atom stereocenters. The molecule has 0 radical (unpaired) electrons. The van der Waals surface area contributed by atoms with Gasteiger partial charge in [0.2, 0.25) is 0 Å². The summed E-state index contributed by atoms with van der Waals surface area (Å²) in [7, 11) is 0. The predicted molar refractivity (Wildman–Crippen MR) is 54.9 cm³/mol. The van der Waals surface area contributed by atoms with Crippen LogP contribution in [0.3, 0.4) is 0 Å². The molecule has 78 valence electrons. The second-order valence-electron chi connectivity index (χ2n) is 2.84. The van der Waals surface area contributed by atoms with Crippen molar-refractivity contribution < 1.29 is 14.3 Å². The third-order valence-electron chi connectivity index (χ3n) is 1.51. The van der Waals surface area contributed by atoms with Crippen LogP contribution in [0.5, 0.6) is 0 Å². The lowest BCUT2D eigenvalue weighted by atomic mass is 10.4. The van der Waals surface area contributed by atoms with E-state index in [1.807, 2.05) is 13.2 Å². The number of hydrogen-bond acceptors (Lipinski definition) is 5. The SMILES string of the molecule is CSCC(C)Nc1nc(C(=O)O)co1. The third kappa shape index (κ3) is 2.95. The van der Waals surface area contributed by atoms with Crippen molar-refractivity contribution >= 4 is 23.7 Å². The van der Waals surface area contributed by atoms with E-state index in [0.29, 0.717) is 0 Å². The Morgan fingerprint density at radius 1 is 1.86 bits per heavy atom. The van der Waals surface area contributed by atoms with Gasteiger partial charge in [0.05, 0.1) is 0 Å². The lowest BCUT2D eigenvalue weighted by Crippen LogP contribution is -2.17. The highest BCUT2D eigenvalue weighted by Gasteiger charge is 2.11. The maximum atomic E-state index is 10.5. The first kappa shape index (κ1) is 10.9. The van der Waals surface area contributed by atoms with Gasteiger partial charge >= 0.3 is 5.97 Å². The van der Waals surface area contributed by atoms with Gasteiger partial charge in [0.1, 0.15) is 6.26 Å². The van der Waals surface area contributed by atoms with Crippen LogP contribution >= 0.6 is 11.8 Å². The van der Waals surface area contributed by atoms with Crippen LogP contribution in [0.2, 0.25) is 0 Å². The average Bonchev–Trinajstić information content (AvgIpc) is 2.53. The monoisotopic (exact) mass is 216 g/mol. The number of carbonyl (C=O) groups is 1. The molecular weight excluding hydrogens is 204 g/mol. The Morgan fingerprint density at radius 2 is 2.57 bits per heavy atom. The van der Waals surface area contributed by atoms with Crippen LogP contribution < -0.4 is 5.32 Å². The predicted octanol–water partition coefficient (Wildman–Crippen LogP) is 1.54. The third-order valence-corrected chi connectivity index (χ3v) is 2.34. The first-order valence-electron chi connectivity index (χ1n) is 4.07. The van der Waals surface area contributed by atoms with E-state index in [1.54, 1.807) is 11.8 Å². The fraction of sp³-hybridized carbons (Fsp3) is 0.500. The highest BCUT2D eigenvalue weighted by molar-refractivity contribution is 7.98. The van der Waals surface area contributed by atoms with Crippen molar-refractivity contribution in [3.8, 4) is 0 Å². The molecular formula is C8H12N2O3S. The Kier molecular flexibility index (Phi) is 3.82. The summed E-state index contributed by atoms with van der Waals surface area (Å²) in [5, 5.41) is 11.5. The molecule has 1 aromatic rings. The molecule has 0 bridgehead atoms. The number of carboxylic acids is 1. The summed E-state index contributed by atoms with van der Waals surface area (Å²) in [6.07, 6.45) is 3.12. The van der Waals surface area contributed by atoms with E-state index in [-0.39, 0.29) is 17.8 Å². The number of nitrogens with zero attached hydrogens (tertiary/aromatic N) is 1. The Labute approximate surface area is 85.9 Å². The maximum Gasteiger partial charge on any atom is 0.357 e. The quantitative estimate of drug-likeness (QED) is 0.777. The fourth-order valence-corrected chi connectivity index (χ4v) is 1.52. The van der Waals surface area contributed by atoms with Crippen LogP contribution in [0.1, 0.15) is 17.4 Å². The Bertz CT molecular complexity index is 313. The number of thioether (sulfide) groups is 1. The minimum atomic E-state index is -1.08. The zero-order chi connectivity index (χ0) is 10.6. The summed E-state index contributed by atoms with van der Waals surface area (Å²) < 4.78 is 4.93. The smallest absolute Gasteiger partial charge is 0.357 e. The van der Waals surface area contributed by atoms with Crippen molar-refractivity contribution in [1.82, 2.24) is 4.98 Å². The fourth-order valence-electron chi connectivity index (χ4n) is 0.941. The number of carboxylic acid groups (broad SMARTS) is 1. The van der Waals surface area contributed by atoms with Crippen LogP contribution in [-0.4, -0.2) is 34.1 Å². The molecule has 0 aliphatic rings. The maximum absolute atomic E-state index is 10.5. The molecule has 1 aromatic heterocycles. The van der Waals surface area contributed by atoms with Crippen molar-refractivity contribution in [2.24, 2.45) is 0 Å². The molecule has 0 aromatic carbocycles. The molecule has 0 aliphatic heterocycles. The van der Waals surface area contributed by atoms with Crippen molar-refractivity contribution in [2.75, 3.05) is 17.3 Å². The largest absolute Gasteiger partial charge is 0.476 e. The summed E-state index contributed by atoms with van der Waals surface area (Å²) in [6.45, 7) is 1.97. The number of oxazole rings is 1. The first-order valence-corrected chi connectivity index (χ1v) is 5.47. The van der Waals surface area contributed by atoms with E-state index >= 15 is 0 Å². The van der Waals surface area contributed by atoms with Gasteiger partial charge in [-0.15, -0.1) is 0 Å². The molecule has 1 heterocycles. The summed E-state index contributed by atoms with van der Waals surface area (Å²) in [6, 6.07) is 0.453. The number of rotatable bonds is 5. The average molecular weight is 216 g/mol. The van der Waals surface area contributed by atoms with Crippen LogP contribution in [0.4, 0.5) is 6.01 Å². The summed E-state index contributed by atoms with van der Waals surface area (Å²) in [5.74, 6) is -0.176. The van der Waals surface area contributed by atoms with Crippen LogP contribution in [0.25, 0.3) is 0 Å². The molecule has 6 heteroatoms. The second-order valence-corrected chi connectivity index (χ2v) is 3.75. The molecule has 5 nitrogen and oxygen atoms in total. The number of nitrogens with one attached hydrogen (secondary N) is 1. The van der Waals surface area contributed by atoms with E-state index in [9.17, 15) is 4.79 Å². The molecule has 0 saturated heterocycles. The van der Waals surface area contributed by atoms with Crippen LogP contribution in [0.15, 0.2) is 10.7 Å². The highest BCUT2D eigenvalue weighted by atomic mass is 32.2. The molecule has 0 saturated carbocycles. The molecule has 0 amide bonds. The van der Waals surface area contributed by atoms with Crippen LogP contribution in [0, 0.1) is 0 Å². The van der Waals surface area contributed by atoms with Crippen LogP contribution in [-0.2, 0) is 0 Å². The van der Waals surface area contributed by atoms with Gasteiger partial charge in [0, 0.05) is 11.8 Å². The lowest BCUT2D eigenvalue weighted by molar-refractivity contribution is 0.0690. The second kappa shape index (κ2) is 4.90. The number of anilines is 1. The van der Waals surface area contributed by atoms with Crippen molar-refractivity contribution in [1.29, 1.82) is 0 Å². The van der Waals surface area contributed by atoms with E-state index in [1.165, 1.54) is 0 Å². The minimum absolute atomic E-state index is 0.0798. The zero-order valence-corrected chi connectivity index (χ0v) is 8.80. The van der Waals surface area contributed by atoms with E-state index in [2.05, 4.69) is 10.3 Å². The molecule has 0 spiro atoms. The van der Waals surface area contributed by atoms with Crippen molar-refractivity contribution in [2.45, 2.75) is 13.0 Å². The van der Waals surface area contributed by atoms with Gasteiger partial charge in [-0.05, 0) is 13.2 Å². The Hall–Kier alpha value is -1.17. The molecule has 0 fully saturated rings. The van der Waals surface area contributed by atoms with Gasteiger partial charge in [-0.25, -0.2) is 4.79 Å². The summed E-state index contributed by atoms with van der Waals surface area (Å²) >= 11 is 1.69. The summed E-state index contributed by atoms with van der Waals surface area (Å²) in [5.41, 5.74) is -0.0798. The Balaban J connectivity index is 2.55. The number of aromatic nitrogens is 1. The minimum Gasteiger partial charge on any atom is -0.476 e. The molecule has 2 N–H and O–H groups in total. The first-order chi connectivity index (χ1) is 6.63. The van der Waals surface area contributed by atoms with Gasteiger partial charge < -0.3 is 14.8 Å². The highest BCUT2D eigenvalue weighted by Crippen LogP contribution is 2.10. The molecule has 1 rings (SSSR count). The van der Waals surface area contributed by atoms with Gasteiger partial charge in [-0.2, -0.15) is 16.7 Å². The molecule has 0 aliphatic carbocycles. The standard InChI is InChI=1S/C8H12N2O3S/c1-5(4-14-2)9-8-10-6(3-13-8)7(11)12/h3,5H,4H2,1-2H3,(H,9,10)(H,11,12). The topological polar surface area (TPSA) is 75.4 Å². The van der Waals surface area contributed by atoms with Crippen molar-refractivity contribution in [3.05, 3.63) is 12.0 Å². The molecule has 1 unspecified atom stereocenters.